The van der Waals surface area contributed by atoms with Crippen LogP contribution in [0.2, 0.25) is 0 Å². The number of carboxylic acid groups (broad SMARTS) is 1. The Kier molecular flexibility index (Phi) is 4.28. The summed E-state index contributed by atoms with van der Waals surface area (Å²) in [7, 11) is 1.43. The van der Waals surface area contributed by atoms with Crippen molar-refractivity contribution in [3.05, 3.63) is 23.2 Å². The van der Waals surface area contributed by atoms with Crippen LogP contribution in [0, 0.1) is 6.92 Å². The number of carbonyl (C=O) groups excluding carboxylic acids is 1. The van der Waals surface area contributed by atoms with Gasteiger partial charge in [0, 0.05) is 7.11 Å². The third-order valence-corrected chi connectivity index (χ3v) is 2.36. The normalized spacial score (nSPS) is 12.2. The fraction of sp³-hybridized carbons (Fsp3) is 0.455. The van der Waals surface area contributed by atoms with Gasteiger partial charge in [-0.1, -0.05) is 0 Å². The number of ether oxygens (including phenoxy) is 1. The second kappa shape index (κ2) is 5.49. The number of furan rings is 1. The second-order valence-corrected chi connectivity index (χ2v) is 3.58. The minimum absolute atomic E-state index is 0.106. The summed E-state index contributed by atoms with van der Waals surface area (Å²) in [6, 6.07) is 1.40. The Morgan fingerprint density at radius 2 is 2.24 bits per heavy atom. The molecule has 1 amide bonds. The van der Waals surface area contributed by atoms with Crippen molar-refractivity contribution in [3.8, 4) is 0 Å². The van der Waals surface area contributed by atoms with Crippen LogP contribution in [0.4, 0.5) is 0 Å². The van der Waals surface area contributed by atoms with E-state index >= 15 is 0 Å². The molecule has 1 heterocycles. The van der Waals surface area contributed by atoms with Gasteiger partial charge in [-0.05, 0) is 19.9 Å². The molecular weight excluding hydrogens is 226 g/mol. The van der Waals surface area contributed by atoms with E-state index in [0.29, 0.717) is 11.5 Å². The lowest BCUT2D eigenvalue weighted by Gasteiger charge is -2.08. The summed E-state index contributed by atoms with van der Waals surface area (Å²) in [5.74, 6) is -0.606. The second-order valence-electron chi connectivity index (χ2n) is 3.58. The average molecular weight is 241 g/mol. The average Bonchev–Trinajstić information content (AvgIpc) is 2.66. The standard InChI is InChI=1S/C11H15NO5/c1-6-9(11(14)15)4-8(17-6)5-12-10(13)7(2)16-3/h4,7H,5H2,1-3H3,(H,12,13)(H,14,15). The Hall–Kier alpha value is -1.82. The van der Waals surface area contributed by atoms with Gasteiger partial charge in [0.25, 0.3) is 0 Å². The highest BCUT2D eigenvalue weighted by molar-refractivity contribution is 5.88. The maximum absolute atomic E-state index is 11.4. The zero-order valence-corrected chi connectivity index (χ0v) is 9.94. The Balaban J connectivity index is 2.61. The maximum atomic E-state index is 11.4. The topological polar surface area (TPSA) is 88.8 Å². The summed E-state index contributed by atoms with van der Waals surface area (Å²) in [5.41, 5.74) is 0.106. The van der Waals surface area contributed by atoms with Gasteiger partial charge in [-0.15, -0.1) is 0 Å². The van der Waals surface area contributed by atoms with E-state index in [0.717, 1.165) is 0 Å². The highest BCUT2D eigenvalue weighted by atomic mass is 16.5. The zero-order valence-electron chi connectivity index (χ0n) is 9.94. The number of hydrogen-bond donors (Lipinski definition) is 2. The lowest BCUT2D eigenvalue weighted by atomic mass is 10.2. The van der Waals surface area contributed by atoms with Crippen LogP contribution in [0.15, 0.2) is 10.5 Å². The lowest BCUT2D eigenvalue weighted by Crippen LogP contribution is -2.33. The van der Waals surface area contributed by atoms with Crippen molar-refractivity contribution in [3.63, 3.8) is 0 Å². The van der Waals surface area contributed by atoms with Crippen molar-refractivity contribution < 1.29 is 23.8 Å². The van der Waals surface area contributed by atoms with Crippen molar-refractivity contribution >= 4 is 11.9 Å². The van der Waals surface area contributed by atoms with Gasteiger partial charge in [-0.2, -0.15) is 0 Å². The molecule has 0 fully saturated rings. The van der Waals surface area contributed by atoms with E-state index < -0.39 is 12.1 Å². The van der Waals surface area contributed by atoms with Gasteiger partial charge < -0.3 is 19.6 Å². The first-order chi connectivity index (χ1) is 7.95. The minimum Gasteiger partial charge on any atom is -0.478 e. The van der Waals surface area contributed by atoms with Crippen molar-refractivity contribution in [2.45, 2.75) is 26.5 Å². The molecule has 0 aliphatic rings. The number of nitrogens with one attached hydrogen (secondary N) is 1. The molecule has 1 rings (SSSR count). The van der Waals surface area contributed by atoms with Crippen LogP contribution in [0.25, 0.3) is 0 Å². The Bertz CT molecular complexity index is 423. The molecule has 0 aliphatic carbocycles. The number of hydrogen-bond acceptors (Lipinski definition) is 4. The molecule has 1 aromatic rings. The molecule has 0 radical (unpaired) electrons. The molecule has 6 heteroatoms. The van der Waals surface area contributed by atoms with E-state index in [2.05, 4.69) is 5.32 Å². The molecule has 17 heavy (non-hydrogen) atoms. The van der Waals surface area contributed by atoms with E-state index in [1.807, 2.05) is 0 Å². The molecule has 0 bridgehead atoms. The molecule has 0 aliphatic heterocycles. The third-order valence-electron chi connectivity index (χ3n) is 2.36. The Labute approximate surface area is 98.6 Å². The first-order valence-corrected chi connectivity index (χ1v) is 5.08. The van der Waals surface area contributed by atoms with Crippen LogP contribution in [-0.2, 0) is 16.1 Å². The van der Waals surface area contributed by atoms with Crippen LogP contribution in [0.5, 0.6) is 0 Å². The number of amides is 1. The number of rotatable bonds is 5. The van der Waals surface area contributed by atoms with Crippen LogP contribution in [0.3, 0.4) is 0 Å². The molecule has 94 valence electrons. The van der Waals surface area contributed by atoms with Gasteiger partial charge >= 0.3 is 5.97 Å². The fourth-order valence-corrected chi connectivity index (χ4v) is 1.27. The van der Waals surface area contributed by atoms with Gasteiger partial charge in [0.2, 0.25) is 5.91 Å². The number of methoxy groups -OCH3 is 1. The van der Waals surface area contributed by atoms with Crippen LogP contribution < -0.4 is 5.32 Å². The zero-order chi connectivity index (χ0) is 13.0. The van der Waals surface area contributed by atoms with Crippen LogP contribution >= 0.6 is 0 Å². The lowest BCUT2D eigenvalue weighted by molar-refractivity contribution is -0.130. The van der Waals surface area contributed by atoms with Crippen LogP contribution in [-0.4, -0.2) is 30.2 Å². The summed E-state index contributed by atoms with van der Waals surface area (Å²) in [6.07, 6.45) is -0.551. The quantitative estimate of drug-likeness (QED) is 0.800. The number of aryl methyl sites for hydroxylation is 1. The highest BCUT2D eigenvalue weighted by Crippen LogP contribution is 2.14. The van der Waals surface area contributed by atoms with Gasteiger partial charge in [0.1, 0.15) is 23.2 Å². The molecule has 1 unspecified atom stereocenters. The number of carboxylic acids is 1. The van der Waals surface area contributed by atoms with Gasteiger partial charge in [-0.3, -0.25) is 4.79 Å². The smallest absolute Gasteiger partial charge is 0.339 e. The van der Waals surface area contributed by atoms with E-state index in [9.17, 15) is 9.59 Å². The highest BCUT2D eigenvalue weighted by Gasteiger charge is 2.15. The summed E-state index contributed by atoms with van der Waals surface area (Å²) in [5, 5.41) is 11.4. The number of aromatic carboxylic acids is 1. The Morgan fingerprint density at radius 1 is 1.59 bits per heavy atom. The molecule has 0 saturated heterocycles. The van der Waals surface area contributed by atoms with Gasteiger partial charge in [-0.25, -0.2) is 4.79 Å². The molecule has 1 aromatic heterocycles. The third kappa shape index (κ3) is 3.32. The van der Waals surface area contributed by atoms with Crippen molar-refractivity contribution in [2.24, 2.45) is 0 Å². The molecule has 2 N–H and O–H groups in total. The van der Waals surface area contributed by atoms with Crippen molar-refractivity contribution in [1.29, 1.82) is 0 Å². The molecule has 0 aromatic carbocycles. The van der Waals surface area contributed by atoms with Gasteiger partial charge in [0.15, 0.2) is 0 Å². The maximum Gasteiger partial charge on any atom is 0.339 e. The molecule has 6 nitrogen and oxygen atoms in total. The van der Waals surface area contributed by atoms with E-state index in [4.69, 9.17) is 14.3 Å². The van der Waals surface area contributed by atoms with Crippen molar-refractivity contribution in [2.75, 3.05) is 7.11 Å². The van der Waals surface area contributed by atoms with Crippen molar-refractivity contribution in [1.82, 2.24) is 5.32 Å². The predicted octanol–water partition coefficient (Wildman–Crippen LogP) is 0.937. The fourth-order valence-electron chi connectivity index (χ4n) is 1.27. The minimum atomic E-state index is -1.05. The summed E-state index contributed by atoms with van der Waals surface area (Å²) in [6.45, 7) is 3.32. The summed E-state index contributed by atoms with van der Waals surface area (Å²) >= 11 is 0. The summed E-state index contributed by atoms with van der Waals surface area (Å²) in [4.78, 5) is 22.1. The first-order valence-electron chi connectivity index (χ1n) is 5.08. The first kappa shape index (κ1) is 13.2. The molecule has 0 saturated carbocycles. The molecule has 0 spiro atoms. The van der Waals surface area contributed by atoms with E-state index in [1.165, 1.54) is 13.2 Å². The number of carbonyl (C=O) groups is 2. The van der Waals surface area contributed by atoms with E-state index in [-0.39, 0.29) is 18.0 Å². The Morgan fingerprint density at radius 3 is 2.71 bits per heavy atom. The predicted molar refractivity (Wildman–Crippen MR) is 58.7 cm³/mol. The monoisotopic (exact) mass is 241 g/mol. The van der Waals surface area contributed by atoms with Crippen LogP contribution in [0.1, 0.15) is 28.8 Å². The SMILES string of the molecule is COC(C)C(=O)NCc1cc(C(=O)O)c(C)o1. The largest absolute Gasteiger partial charge is 0.478 e. The van der Waals surface area contributed by atoms with E-state index in [1.54, 1.807) is 13.8 Å². The summed E-state index contributed by atoms with van der Waals surface area (Å²) < 4.78 is 10.0. The molecule has 1 atom stereocenters. The molecular formula is C11H15NO5. The van der Waals surface area contributed by atoms with Gasteiger partial charge in [0.05, 0.1) is 6.54 Å².